The molecule has 0 aliphatic carbocycles. The van der Waals surface area contributed by atoms with Crippen LogP contribution in [-0.2, 0) is 11.2 Å². The summed E-state index contributed by atoms with van der Waals surface area (Å²) in [5.41, 5.74) is 2.86. The number of hydrogen-bond donors (Lipinski definition) is 1. The van der Waals surface area contributed by atoms with Gasteiger partial charge in [-0.3, -0.25) is 9.59 Å². The fourth-order valence-corrected chi connectivity index (χ4v) is 3.60. The Balaban J connectivity index is 1.44. The molecule has 2 heterocycles. The summed E-state index contributed by atoms with van der Waals surface area (Å²) < 4.78 is 1.75. The van der Waals surface area contributed by atoms with Gasteiger partial charge >= 0.3 is 0 Å². The second kappa shape index (κ2) is 8.73. The normalized spacial score (nSPS) is 13.9. The van der Waals surface area contributed by atoms with E-state index in [1.807, 2.05) is 53.6 Å². The second-order valence-electron chi connectivity index (χ2n) is 7.25. The number of nitrogens with zero attached hydrogens (tertiary/aromatic N) is 3. The first-order valence-electron chi connectivity index (χ1n) is 9.98. The van der Waals surface area contributed by atoms with Gasteiger partial charge in [-0.15, -0.1) is 0 Å². The minimum atomic E-state index is -0.170. The summed E-state index contributed by atoms with van der Waals surface area (Å²) in [6.45, 7) is 1.56. The molecule has 1 saturated heterocycles. The molecular formula is C23H24N4O2. The van der Waals surface area contributed by atoms with E-state index in [0.717, 1.165) is 37.2 Å². The number of amides is 2. The predicted molar refractivity (Wildman–Crippen MR) is 112 cm³/mol. The Kier molecular flexibility index (Phi) is 5.70. The number of piperidine rings is 1. The quantitative estimate of drug-likeness (QED) is 0.725. The van der Waals surface area contributed by atoms with Gasteiger partial charge in [-0.05, 0) is 49.1 Å². The molecule has 0 saturated carbocycles. The van der Waals surface area contributed by atoms with E-state index in [2.05, 4.69) is 10.4 Å². The number of carbonyl (C=O) groups excluding carboxylic acids is 2. The lowest BCUT2D eigenvalue weighted by Gasteiger charge is -2.27. The van der Waals surface area contributed by atoms with Gasteiger partial charge in [0, 0.05) is 19.3 Å². The molecule has 2 amide bonds. The van der Waals surface area contributed by atoms with Crippen LogP contribution < -0.4 is 5.32 Å². The fraction of sp³-hybridized carbons (Fsp3) is 0.261. The molecule has 0 spiro atoms. The van der Waals surface area contributed by atoms with Crippen molar-refractivity contribution in [2.75, 3.05) is 18.4 Å². The van der Waals surface area contributed by atoms with Crippen LogP contribution in [0.4, 0.5) is 5.69 Å². The summed E-state index contributed by atoms with van der Waals surface area (Å²) >= 11 is 0. The number of anilines is 1. The molecule has 1 aliphatic rings. The summed E-state index contributed by atoms with van der Waals surface area (Å²) in [5, 5.41) is 7.23. The van der Waals surface area contributed by atoms with Crippen LogP contribution in [0.25, 0.3) is 5.69 Å². The van der Waals surface area contributed by atoms with E-state index in [0.29, 0.717) is 11.3 Å². The van der Waals surface area contributed by atoms with Crippen LogP contribution in [0.15, 0.2) is 67.0 Å². The molecule has 29 heavy (non-hydrogen) atoms. The molecule has 0 radical (unpaired) electrons. The van der Waals surface area contributed by atoms with Crippen LogP contribution in [0.3, 0.4) is 0 Å². The molecule has 6 nitrogen and oxygen atoms in total. The Bertz CT molecular complexity index is 991. The van der Waals surface area contributed by atoms with Gasteiger partial charge in [0.2, 0.25) is 5.91 Å². The molecular weight excluding hydrogens is 364 g/mol. The third kappa shape index (κ3) is 4.54. The molecule has 3 aromatic rings. The first-order valence-corrected chi connectivity index (χ1v) is 9.98. The highest BCUT2D eigenvalue weighted by molar-refractivity contribution is 6.04. The van der Waals surface area contributed by atoms with Gasteiger partial charge in [0.15, 0.2) is 0 Å². The van der Waals surface area contributed by atoms with E-state index in [1.54, 1.807) is 23.0 Å². The largest absolute Gasteiger partial charge is 0.339 e. The van der Waals surface area contributed by atoms with Crippen LogP contribution in [0.5, 0.6) is 0 Å². The highest BCUT2D eigenvalue weighted by Crippen LogP contribution is 2.20. The molecule has 1 fully saturated rings. The number of rotatable bonds is 5. The van der Waals surface area contributed by atoms with Gasteiger partial charge in [-0.2, -0.15) is 5.10 Å². The zero-order valence-electron chi connectivity index (χ0n) is 16.3. The zero-order chi connectivity index (χ0) is 20.1. The number of nitrogens with one attached hydrogen (secondary N) is 1. The maximum Gasteiger partial charge on any atom is 0.255 e. The summed E-state index contributed by atoms with van der Waals surface area (Å²) in [6.07, 6.45) is 6.96. The number of carbonyl (C=O) groups is 2. The van der Waals surface area contributed by atoms with Crippen molar-refractivity contribution in [1.82, 2.24) is 14.7 Å². The lowest BCUT2D eigenvalue weighted by molar-refractivity contribution is -0.115. The Morgan fingerprint density at radius 1 is 0.931 bits per heavy atom. The molecule has 6 heteroatoms. The molecule has 0 bridgehead atoms. The monoisotopic (exact) mass is 388 g/mol. The van der Waals surface area contributed by atoms with Crippen molar-refractivity contribution in [3.8, 4) is 5.69 Å². The molecule has 0 atom stereocenters. The van der Waals surface area contributed by atoms with Gasteiger partial charge in [-0.1, -0.05) is 30.3 Å². The third-order valence-corrected chi connectivity index (χ3v) is 5.10. The summed E-state index contributed by atoms with van der Waals surface area (Å²) in [6, 6.07) is 17.0. The average molecular weight is 388 g/mol. The molecule has 2 aromatic carbocycles. The van der Waals surface area contributed by atoms with Crippen LogP contribution in [0.2, 0.25) is 0 Å². The summed E-state index contributed by atoms with van der Waals surface area (Å²) in [7, 11) is 0. The van der Waals surface area contributed by atoms with Gasteiger partial charge < -0.3 is 10.2 Å². The van der Waals surface area contributed by atoms with E-state index in [4.69, 9.17) is 0 Å². The fourth-order valence-electron chi connectivity index (χ4n) is 3.60. The first-order chi connectivity index (χ1) is 14.2. The maximum absolute atomic E-state index is 12.9. The highest BCUT2D eigenvalue weighted by atomic mass is 16.2. The smallest absolute Gasteiger partial charge is 0.255 e. The summed E-state index contributed by atoms with van der Waals surface area (Å²) in [4.78, 5) is 27.4. The number of aromatic nitrogens is 2. The minimum absolute atomic E-state index is 0.0162. The van der Waals surface area contributed by atoms with Crippen molar-refractivity contribution >= 4 is 17.5 Å². The van der Waals surface area contributed by atoms with Crippen molar-refractivity contribution in [2.45, 2.75) is 25.7 Å². The third-order valence-electron chi connectivity index (χ3n) is 5.10. The van der Waals surface area contributed by atoms with Crippen LogP contribution in [-0.4, -0.2) is 39.6 Å². The van der Waals surface area contributed by atoms with Crippen molar-refractivity contribution in [2.24, 2.45) is 0 Å². The standard InChI is InChI=1S/C23H24N4O2/c28-22(15-18-16-24-27(17-18)19-9-3-1-4-10-19)25-21-12-6-5-11-20(21)23(29)26-13-7-2-8-14-26/h1,3-6,9-12,16-17H,2,7-8,13-15H2,(H,25,28). The Morgan fingerprint density at radius 3 is 2.45 bits per heavy atom. The van der Waals surface area contributed by atoms with Gasteiger partial charge in [-0.25, -0.2) is 4.68 Å². The number of para-hydroxylation sites is 2. The van der Waals surface area contributed by atoms with Gasteiger partial charge in [0.25, 0.3) is 5.91 Å². The minimum Gasteiger partial charge on any atom is -0.339 e. The Hall–Kier alpha value is -3.41. The van der Waals surface area contributed by atoms with E-state index in [1.165, 1.54) is 6.42 Å². The molecule has 1 aromatic heterocycles. The predicted octanol–water partition coefficient (Wildman–Crippen LogP) is 3.68. The first kappa shape index (κ1) is 18.9. The number of hydrogen-bond acceptors (Lipinski definition) is 3. The van der Waals surface area contributed by atoms with E-state index < -0.39 is 0 Å². The Morgan fingerprint density at radius 2 is 1.66 bits per heavy atom. The molecule has 148 valence electrons. The zero-order valence-corrected chi connectivity index (χ0v) is 16.3. The van der Waals surface area contributed by atoms with Crippen LogP contribution in [0, 0.1) is 0 Å². The molecule has 0 unspecified atom stereocenters. The van der Waals surface area contributed by atoms with Crippen molar-refractivity contribution in [1.29, 1.82) is 0 Å². The molecule has 4 rings (SSSR count). The Labute approximate surface area is 170 Å². The van der Waals surface area contributed by atoms with Gasteiger partial charge in [0.1, 0.15) is 0 Å². The SMILES string of the molecule is O=C(Cc1cnn(-c2ccccc2)c1)Nc1ccccc1C(=O)N1CCCCC1. The topological polar surface area (TPSA) is 67.2 Å². The van der Waals surface area contributed by atoms with Crippen molar-refractivity contribution in [3.63, 3.8) is 0 Å². The molecule has 1 aliphatic heterocycles. The van der Waals surface area contributed by atoms with E-state index in [9.17, 15) is 9.59 Å². The average Bonchev–Trinajstić information content (AvgIpc) is 3.23. The van der Waals surface area contributed by atoms with Crippen molar-refractivity contribution < 1.29 is 9.59 Å². The lowest BCUT2D eigenvalue weighted by atomic mass is 10.1. The second-order valence-corrected chi connectivity index (χ2v) is 7.25. The van der Waals surface area contributed by atoms with Crippen LogP contribution in [0.1, 0.15) is 35.2 Å². The lowest BCUT2D eigenvalue weighted by Crippen LogP contribution is -2.36. The highest BCUT2D eigenvalue weighted by Gasteiger charge is 2.21. The van der Waals surface area contributed by atoms with E-state index >= 15 is 0 Å². The van der Waals surface area contributed by atoms with Crippen LogP contribution >= 0.6 is 0 Å². The van der Waals surface area contributed by atoms with Crippen molar-refractivity contribution in [3.05, 3.63) is 78.1 Å². The van der Waals surface area contributed by atoms with Gasteiger partial charge in [0.05, 0.1) is 29.6 Å². The number of likely N-dealkylation sites (tertiary alicyclic amines) is 1. The van der Waals surface area contributed by atoms with E-state index in [-0.39, 0.29) is 18.2 Å². The molecule has 1 N–H and O–H groups in total. The summed E-state index contributed by atoms with van der Waals surface area (Å²) in [5.74, 6) is -0.186. The maximum atomic E-state index is 12.9. The number of benzene rings is 2.